The van der Waals surface area contributed by atoms with Crippen LogP contribution in [0.5, 0.6) is 0 Å². The average molecular weight is 371 g/mol. The predicted octanol–water partition coefficient (Wildman–Crippen LogP) is 5.16. The fraction of sp³-hybridized carbons (Fsp3) is 0.240. The Hall–Kier alpha value is -2.91. The van der Waals surface area contributed by atoms with Gasteiger partial charge in [-0.1, -0.05) is 91.0 Å². The van der Waals surface area contributed by atoms with E-state index >= 15 is 0 Å². The number of ether oxygens (including phenoxy) is 1. The minimum Gasteiger partial charge on any atom is -0.469 e. The molecule has 4 rings (SSSR count). The molecule has 1 fully saturated rings. The molecule has 0 amide bonds. The van der Waals surface area contributed by atoms with Gasteiger partial charge in [-0.3, -0.25) is 9.69 Å². The molecule has 3 nitrogen and oxygen atoms in total. The normalized spacial score (nSPS) is 22.1. The van der Waals surface area contributed by atoms with E-state index in [-0.39, 0.29) is 24.0 Å². The molecule has 0 saturated carbocycles. The fourth-order valence-electron chi connectivity index (χ4n) is 4.39. The first-order valence-electron chi connectivity index (χ1n) is 9.75. The van der Waals surface area contributed by atoms with Gasteiger partial charge >= 0.3 is 5.97 Å². The molecule has 3 atom stereocenters. The number of hydrogen-bond donors (Lipinski definition) is 0. The van der Waals surface area contributed by atoms with Crippen molar-refractivity contribution in [3.05, 3.63) is 108 Å². The highest BCUT2D eigenvalue weighted by atomic mass is 16.5. The molecule has 0 N–H and O–H groups in total. The van der Waals surface area contributed by atoms with E-state index in [9.17, 15) is 4.79 Å². The molecule has 1 aliphatic heterocycles. The Morgan fingerprint density at radius 1 is 0.857 bits per heavy atom. The second kappa shape index (κ2) is 8.41. The van der Waals surface area contributed by atoms with Crippen LogP contribution < -0.4 is 0 Å². The fourth-order valence-corrected chi connectivity index (χ4v) is 4.39. The maximum absolute atomic E-state index is 12.7. The van der Waals surface area contributed by atoms with Crippen LogP contribution in [0.4, 0.5) is 0 Å². The Morgan fingerprint density at radius 2 is 1.39 bits per heavy atom. The first kappa shape index (κ1) is 18.5. The summed E-state index contributed by atoms with van der Waals surface area (Å²) < 4.78 is 5.20. The zero-order valence-corrected chi connectivity index (χ0v) is 16.1. The van der Waals surface area contributed by atoms with Crippen molar-refractivity contribution < 1.29 is 9.53 Å². The van der Waals surface area contributed by atoms with Crippen LogP contribution in [0.3, 0.4) is 0 Å². The van der Waals surface area contributed by atoms with Gasteiger partial charge in [0.05, 0.1) is 13.0 Å². The number of nitrogens with zero attached hydrogens (tertiary/aromatic N) is 1. The van der Waals surface area contributed by atoms with E-state index in [1.807, 2.05) is 30.3 Å². The number of hydrogen-bond acceptors (Lipinski definition) is 3. The van der Waals surface area contributed by atoms with Crippen LogP contribution in [0.1, 0.15) is 35.2 Å². The van der Waals surface area contributed by atoms with Gasteiger partial charge in [0.15, 0.2) is 0 Å². The summed E-state index contributed by atoms with van der Waals surface area (Å²) in [4.78, 5) is 15.2. The van der Waals surface area contributed by atoms with Gasteiger partial charge in [0.2, 0.25) is 0 Å². The third-order valence-electron chi connectivity index (χ3n) is 5.65. The average Bonchev–Trinajstić information content (AvgIpc) is 3.14. The Balaban J connectivity index is 1.78. The zero-order chi connectivity index (χ0) is 19.3. The summed E-state index contributed by atoms with van der Waals surface area (Å²) in [6, 6.07) is 31.4. The molecule has 142 valence electrons. The highest BCUT2D eigenvalue weighted by molar-refractivity contribution is 5.74. The Kier molecular flexibility index (Phi) is 5.54. The number of likely N-dealkylation sites (tertiary alicyclic amines) is 1. The van der Waals surface area contributed by atoms with Crippen LogP contribution in [0, 0.1) is 5.92 Å². The number of methoxy groups -OCH3 is 1. The summed E-state index contributed by atoms with van der Waals surface area (Å²) in [6.45, 7) is 0.785. The molecular weight excluding hydrogens is 346 g/mol. The molecule has 1 aliphatic rings. The highest BCUT2D eigenvalue weighted by Crippen LogP contribution is 2.49. The summed E-state index contributed by atoms with van der Waals surface area (Å²) in [5.74, 6) is -0.327. The van der Waals surface area contributed by atoms with E-state index in [2.05, 4.69) is 65.6 Å². The summed E-state index contributed by atoms with van der Waals surface area (Å²) in [5.41, 5.74) is 3.65. The molecule has 1 saturated heterocycles. The maximum atomic E-state index is 12.7. The van der Waals surface area contributed by atoms with Gasteiger partial charge < -0.3 is 4.74 Å². The van der Waals surface area contributed by atoms with Crippen LogP contribution in [0.2, 0.25) is 0 Å². The second-order valence-electron chi connectivity index (χ2n) is 7.31. The van der Waals surface area contributed by atoms with Crippen LogP contribution >= 0.6 is 0 Å². The lowest BCUT2D eigenvalue weighted by Crippen LogP contribution is -2.30. The number of rotatable bonds is 5. The SMILES string of the molecule is COC(=O)[C@@H]1C[C@@H](c2ccccc2)N(Cc2ccccc2)[C@@H]1c1ccccc1. The lowest BCUT2D eigenvalue weighted by molar-refractivity contribution is -0.146. The van der Waals surface area contributed by atoms with Gasteiger partial charge in [0.25, 0.3) is 0 Å². The maximum Gasteiger partial charge on any atom is 0.310 e. The monoisotopic (exact) mass is 371 g/mol. The van der Waals surface area contributed by atoms with Crippen molar-refractivity contribution in [2.24, 2.45) is 5.92 Å². The van der Waals surface area contributed by atoms with Crippen molar-refractivity contribution in [1.82, 2.24) is 4.90 Å². The van der Waals surface area contributed by atoms with Crippen molar-refractivity contribution >= 4 is 5.97 Å². The molecule has 0 aromatic heterocycles. The van der Waals surface area contributed by atoms with Gasteiger partial charge in [-0.05, 0) is 23.1 Å². The van der Waals surface area contributed by atoms with Crippen LogP contribution in [0.15, 0.2) is 91.0 Å². The van der Waals surface area contributed by atoms with Gasteiger partial charge in [-0.15, -0.1) is 0 Å². The lowest BCUT2D eigenvalue weighted by Gasteiger charge is -2.32. The first-order valence-corrected chi connectivity index (χ1v) is 9.75. The van der Waals surface area contributed by atoms with Crippen molar-refractivity contribution in [3.8, 4) is 0 Å². The highest BCUT2D eigenvalue weighted by Gasteiger charge is 2.46. The molecule has 1 heterocycles. The van der Waals surface area contributed by atoms with Crippen LogP contribution in [0.25, 0.3) is 0 Å². The predicted molar refractivity (Wildman–Crippen MR) is 110 cm³/mol. The molecule has 0 aliphatic carbocycles. The standard InChI is InChI=1S/C25H25NO2/c1-28-25(27)22-17-23(20-13-7-3-8-14-20)26(18-19-11-5-2-6-12-19)24(22)21-15-9-4-10-16-21/h2-16,22-24H,17-18H2,1H3/t22-,23+,24-/m1/s1. The summed E-state index contributed by atoms with van der Waals surface area (Å²) >= 11 is 0. The summed E-state index contributed by atoms with van der Waals surface area (Å²) in [6.07, 6.45) is 0.753. The molecule has 28 heavy (non-hydrogen) atoms. The molecule has 0 bridgehead atoms. The van der Waals surface area contributed by atoms with E-state index < -0.39 is 0 Å². The lowest BCUT2D eigenvalue weighted by atomic mass is 9.92. The Bertz CT molecular complexity index is 896. The third-order valence-corrected chi connectivity index (χ3v) is 5.65. The summed E-state index contributed by atoms with van der Waals surface area (Å²) in [7, 11) is 1.49. The van der Waals surface area contributed by atoms with E-state index in [0.29, 0.717) is 0 Å². The summed E-state index contributed by atoms with van der Waals surface area (Å²) in [5, 5.41) is 0. The third kappa shape index (κ3) is 3.71. The number of benzene rings is 3. The largest absolute Gasteiger partial charge is 0.469 e. The van der Waals surface area contributed by atoms with Crippen molar-refractivity contribution in [2.45, 2.75) is 25.0 Å². The number of carbonyl (C=O) groups excluding carboxylic acids is 1. The smallest absolute Gasteiger partial charge is 0.310 e. The van der Waals surface area contributed by atoms with Crippen molar-refractivity contribution in [2.75, 3.05) is 7.11 Å². The van der Waals surface area contributed by atoms with Crippen molar-refractivity contribution in [3.63, 3.8) is 0 Å². The minimum atomic E-state index is -0.193. The van der Waals surface area contributed by atoms with E-state index in [0.717, 1.165) is 18.5 Å². The van der Waals surface area contributed by atoms with Crippen LogP contribution in [-0.4, -0.2) is 18.0 Å². The molecule has 3 heteroatoms. The molecule has 3 aromatic carbocycles. The van der Waals surface area contributed by atoms with E-state index in [1.165, 1.54) is 18.2 Å². The van der Waals surface area contributed by atoms with Crippen LogP contribution in [-0.2, 0) is 16.1 Å². The zero-order valence-electron chi connectivity index (χ0n) is 16.1. The topological polar surface area (TPSA) is 29.5 Å². The van der Waals surface area contributed by atoms with Gasteiger partial charge in [-0.2, -0.15) is 0 Å². The van der Waals surface area contributed by atoms with Gasteiger partial charge in [-0.25, -0.2) is 0 Å². The van der Waals surface area contributed by atoms with Gasteiger partial charge in [0, 0.05) is 18.6 Å². The Labute approximate surface area is 166 Å². The molecule has 3 aromatic rings. The number of esters is 1. The van der Waals surface area contributed by atoms with E-state index in [4.69, 9.17) is 4.74 Å². The minimum absolute atomic E-state index is 0.0148. The van der Waals surface area contributed by atoms with Gasteiger partial charge in [0.1, 0.15) is 0 Å². The van der Waals surface area contributed by atoms with Crippen molar-refractivity contribution in [1.29, 1.82) is 0 Å². The number of carbonyl (C=O) groups is 1. The molecular formula is C25H25NO2. The second-order valence-corrected chi connectivity index (χ2v) is 7.31. The molecule has 0 spiro atoms. The Morgan fingerprint density at radius 3 is 1.96 bits per heavy atom. The first-order chi connectivity index (χ1) is 13.8. The molecule has 0 radical (unpaired) electrons. The quantitative estimate of drug-likeness (QED) is 0.580. The van der Waals surface area contributed by atoms with E-state index in [1.54, 1.807) is 0 Å². The molecule has 0 unspecified atom stereocenters.